The first kappa shape index (κ1) is 44.2. The van der Waals surface area contributed by atoms with Crippen LogP contribution in [0, 0.1) is 11.8 Å². The first-order chi connectivity index (χ1) is 25.7. The van der Waals surface area contributed by atoms with Gasteiger partial charge in [0.2, 0.25) is 0 Å². The lowest BCUT2D eigenvalue weighted by molar-refractivity contribution is -0.117. The van der Waals surface area contributed by atoms with E-state index in [0.717, 1.165) is 31.2 Å². The molecule has 6 N–H and O–H groups in total. The summed E-state index contributed by atoms with van der Waals surface area (Å²) in [5.74, 6) is 1.94. The van der Waals surface area contributed by atoms with Gasteiger partial charge in [-0.1, -0.05) is 72.8 Å². The Morgan fingerprint density at radius 1 is 0.574 bits per heavy atom. The molecule has 3 aliphatic carbocycles. The number of rotatable bonds is 9. The van der Waals surface area contributed by atoms with Crippen molar-refractivity contribution in [2.45, 2.75) is 117 Å². The van der Waals surface area contributed by atoms with Gasteiger partial charge < -0.3 is 31.6 Å². The molecule has 3 aromatic carbocycles. The van der Waals surface area contributed by atoms with Gasteiger partial charge in [0.1, 0.15) is 17.0 Å². The monoisotopic (exact) mass is 743 g/mol. The van der Waals surface area contributed by atoms with Gasteiger partial charge in [0, 0.05) is 32.5 Å². The third-order valence-electron chi connectivity index (χ3n) is 9.25. The van der Waals surface area contributed by atoms with Gasteiger partial charge in [-0.15, -0.1) is 0 Å². The van der Waals surface area contributed by atoms with E-state index in [0.29, 0.717) is 38.3 Å². The van der Waals surface area contributed by atoms with Gasteiger partial charge in [-0.25, -0.2) is 9.59 Å². The summed E-state index contributed by atoms with van der Waals surface area (Å²) in [7, 11) is 0. The number of benzene rings is 3. The SMILES string of the molecule is CC(C)(C)OC(=O)NCCCC1Cc2ccccc2C1.CC(C)(C)OC(=O)NCCN.NCCCC1Cc2ccccc2C1.O=C1Cc2ccccc2C1. The van der Waals surface area contributed by atoms with Crippen LogP contribution in [-0.2, 0) is 52.8 Å². The Balaban J connectivity index is 0.000000202. The van der Waals surface area contributed by atoms with Crippen LogP contribution in [-0.4, -0.2) is 55.4 Å². The lowest BCUT2D eigenvalue weighted by Crippen LogP contribution is -2.35. The molecule has 54 heavy (non-hydrogen) atoms. The summed E-state index contributed by atoms with van der Waals surface area (Å²) in [4.78, 5) is 33.2. The van der Waals surface area contributed by atoms with E-state index in [4.69, 9.17) is 20.9 Å². The molecule has 0 saturated heterocycles. The number of fused-ring (bicyclic) bond motifs is 3. The molecule has 3 aromatic rings. The highest BCUT2D eigenvalue weighted by molar-refractivity contribution is 5.87. The Morgan fingerprint density at radius 2 is 0.926 bits per heavy atom. The number of nitrogens with two attached hydrogens (primary N) is 2. The number of amides is 2. The molecule has 0 radical (unpaired) electrons. The zero-order valence-electron chi connectivity index (χ0n) is 33.7. The van der Waals surface area contributed by atoms with Crippen LogP contribution in [0.3, 0.4) is 0 Å². The van der Waals surface area contributed by atoms with Crippen molar-refractivity contribution in [3.63, 3.8) is 0 Å². The minimum absolute atomic E-state index is 0.313. The largest absolute Gasteiger partial charge is 0.444 e. The maximum atomic E-state index is 11.5. The van der Waals surface area contributed by atoms with Crippen molar-refractivity contribution in [3.8, 4) is 0 Å². The average Bonchev–Trinajstić information content (AvgIpc) is 3.83. The van der Waals surface area contributed by atoms with Gasteiger partial charge in [-0.05, 0) is 145 Å². The number of ketones is 1. The Labute approximate surface area is 324 Å². The third-order valence-corrected chi connectivity index (χ3v) is 9.25. The maximum Gasteiger partial charge on any atom is 0.407 e. The van der Waals surface area contributed by atoms with Crippen LogP contribution in [0.25, 0.3) is 0 Å². The Kier molecular flexibility index (Phi) is 18.2. The fourth-order valence-electron chi connectivity index (χ4n) is 6.89. The fraction of sp³-hybridized carbons (Fsp3) is 0.533. The molecular weight excluding hydrogens is 677 g/mol. The first-order valence-corrected chi connectivity index (χ1v) is 19.7. The van der Waals surface area contributed by atoms with Crippen molar-refractivity contribution in [1.29, 1.82) is 0 Å². The molecule has 0 bridgehead atoms. The number of carbonyl (C=O) groups is 3. The van der Waals surface area contributed by atoms with Crippen molar-refractivity contribution in [2.24, 2.45) is 23.3 Å². The summed E-state index contributed by atoms with van der Waals surface area (Å²) in [6, 6.07) is 25.5. The lowest BCUT2D eigenvalue weighted by Gasteiger charge is -2.19. The van der Waals surface area contributed by atoms with Crippen molar-refractivity contribution in [2.75, 3.05) is 26.2 Å². The summed E-state index contributed by atoms with van der Waals surface area (Å²) in [6.07, 6.45) is 10.1. The van der Waals surface area contributed by atoms with Crippen LogP contribution >= 0.6 is 0 Å². The molecule has 9 nitrogen and oxygen atoms in total. The van der Waals surface area contributed by atoms with Crippen LogP contribution in [0.5, 0.6) is 0 Å². The molecule has 0 aliphatic heterocycles. The molecule has 3 aliphatic rings. The van der Waals surface area contributed by atoms with E-state index in [-0.39, 0.29) is 6.09 Å². The Morgan fingerprint density at radius 3 is 1.28 bits per heavy atom. The van der Waals surface area contributed by atoms with Crippen LogP contribution in [0.15, 0.2) is 72.8 Å². The van der Waals surface area contributed by atoms with Crippen molar-refractivity contribution in [3.05, 3.63) is 106 Å². The second-order valence-corrected chi connectivity index (χ2v) is 16.5. The van der Waals surface area contributed by atoms with Gasteiger partial charge >= 0.3 is 12.2 Å². The smallest absolute Gasteiger partial charge is 0.407 e. The zero-order chi connectivity index (χ0) is 39.6. The predicted molar refractivity (Wildman–Crippen MR) is 219 cm³/mol. The van der Waals surface area contributed by atoms with E-state index < -0.39 is 17.3 Å². The van der Waals surface area contributed by atoms with Crippen LogP contribution in [0.1, 0.15) is 101 Å². The highest BCUT2D eigenvalue weighted by atomic mass is 16.6. The van der Waals surface area contributed by atoms with E-state index in [1.54, 1.807) is 11.1 Å². The van der Waals surface area contributed by atoms with E-state index in [9.17, 15) is 14.4 Å². The van der Waals surface area contributed by atoms with E-state index in [2.05, 4.69) is 59.2 Å². The highest BCUT2D eigenvalue weighted by Gasteiger charge is 2.22. The van der Waals surface area contributed by atoms with Crippen LogP contribution < -0.4 is 22.1 Å². The topological polar surface area (TPSA) is 146 Å². The number of Topliss-reactive ketones (excluding diaryl/α,β-unsaturated/α-hetero) is 1. The quantitative estimate of drug-likeness (QED) is 0.165. The summed E-state index contributed by atoms with van der Waals surface area (Å²) < 4.78 is 10.1. The number of carbonyl (C=O) groups excluding carboxylic acids is 3. The molecule has 0 atom stereocenters. The molecule has 0 unspecified atom stereocenters. The molecule has 0 heterocycles. The summed E-state index contributed by atoms with van der Waals surface area (Å²) in [5, 5.41) is 5.33. The Hall–Kier alpha value is -4.21. The van der Waals surface area contributed by atoms with Crippen molar-refractivity contribution >= 4 is 18.0 Å². The molecule has 0 fully saturated rings. The van der Waals surface area contributed by atoms with E-state index in [1.165, 1.54) is 60.8 Å². The van der Waals surface area contributed by atoms with Crippen LogP contribution in [0.2, 0.25) is 0 Å². The normalized spacial score (nSPS) is 14.5. The van der Waals surface area contributed by atoms with Crippen molar-refractivity contribution in [1.82, 2.24) is 10.6 Å². The van der Waals surface area contributed by atoms with Gasteiger partial charge in [0.25, 0.3) is 0 Å². The molecule has 6 rings (SSSR count). The zero-order valence-corrected chi connectivity index (χ0v) is 33.7. The van der Waals surface area contributed by atoms with E-state index >= 15 is 0 Å². The number of hydrogen-bond donors (Lipinski definition) is 4. The second-order valence-electron chi connectivity index (χ2n) is 16.5. The highest BCUT2D eigenvalue weighted by Crippen LogP contribution is 2.30. The molecule has 0 aromatic heterocycles. The van der Waals surface area contributed by atoms with Crippen molar-refractivity contribution < 1.29 is 23.9 Å². The van der Waals surface area contributed by atoms with E-state index in [1.807, 2.05) is 65.8 Å². The number of ether oxygens (including phenoxy) is 2. The third kappa shape index (κ3) is 17.3. The molecule has 2 amide bonds. The predicted octanol–water partition coefficient (Wildman–Crippen LogP) is 7.67. The summed E-state index contributed by atoms with van der Waals surface area (Å²) >= 11 is 0. The average molecular weight is 743 g/mol. The molecule has 0 spiro atoms. The number of hydrogen-bond acceptors (Lipinski definition) is 7. The van der Waals surface area contributed by atoms with Gasteiger partial charge in [0.15, 0.2) is 0 Å². The molecule has 296 valence electrons. The van der Waals surface area contributed by atoms with Gasteiger partial charge in [-0.2, -0.15) is 0 Å². The Bertz CT molecular complexity index is 1530. The number of alkyl carbamates (subject to hydrolysis) is 2. The standard InChI is InChI=1S/C17H25NO2.C12H17N.C9H8O.C7H16N2O2/c1-17(2,3)20-16(19)18-10-6-7-13-11-14-8-4-5-9-15(14)12-13;13-7-3-4-10-8-11-5-1-2-6-12(11)9-10;10-9-5-7-3-1-2-4-8(7)6-9;1-7(2,3)11-6(10)9-5-4-8/h4-5,8-9,13H,6-7,10-12H2,1-3H3,(H,18,19);1-2,5-6,10H,3-4,7-9,13H2;1-4H,5-6H2;4-5,8H2,1-3H3,(H,9,10). The first-order valence-electron chi connectivity index (χ1n) is 19.7. The minimum atomic E-state index is -0.432. The number of nitrogens with one attached hydrogen (secondary N) is 2. The molecule has 0 saturated carbocycles. The summed E-state index contributed by atoms with van der Waals surface area (Å²) in [5.41, 5.74) is 18.4. The van der Waals surface area contributed by atoms with Crippen LogP contribution in [0.4, 0.5) is 9.59 Å². The summed E-state index contributed by atoms with van der Waals surface area (Å²) in [6.45, 7) is 13.5. The minimum Gasteiger partial charge on any atom is -0.444 e. The maximum absolute atomic E-state index is 11.5. The van der Waals surface area contributed by atoms with Gasteiger partial charge in [0.05, 0.1) is 0 Å². The lowest BCUT2D eigenvalue weighted by atomic mass is 10.0. The second kappa shape index (κ2) is 22.2. The molecule has 9 heteroatoms. The fourth-order valence-corrected chi connectivity index (χ4v) is 6.89. The van der Waals surface area contributed by atoms with Gasteiger partial charge in [-0.3, -0.25) is 4.79 Å². The molecular formula is C45H66N4O5.